The van der Waals surface area contributed by atoms with Gasteiger partial charge in [0.05, 0.1) is 19.8 Å². The third-order valence-electron chi connectivity index (χ3n) is 7.05. The lowest BCUT2D eigenvalue weighted by Gasteiger charge is -2.26. The summed E-state index contributed by atoms with van der Waals surface area (Å²) in [5.41, 5.74) is 3.68. The molecule has 0 atom stereocenters. The van der Waals surface area contributed by atoms with Crippen molar-refractivity contribution in [3.05, 3.63) is 88.5 Å². The van der Waals surface area contributed by atoms with Gasteiger partial charge in [0.15, 0.2) is 0 Å². The molecule has 1 saturated heterocycles. The van der Waals surface area contributed by atoms with E-state index in [1.165, 1.54) is 12.4 Å². The summed E-state index contributed by atoms with van der Waals surface area (Å²) in [6, 6.07) is 14.3. The first-order valence-corrected chi connectivity index (χ1v) is 13.9. The maximum atomic E-state index is 12.7. The second kappa shape index (κ2) is 13.8. The van der Waals surface area contributed by atoms with Crippen LogP contribution in [0.2, 0.25) is 0 Å². The summed E-state index contributed by atoms with van der Waals surface area (Å²) in [5, 5.41) is 8.59. The molecule has 0 aliphatic carbocycles. The molecule has 0 bridgehead atoms. The average molecular weight is 559 g/mol. The van der Waals surface area contributed by atoms with Crippen LogP contribution in [0.4, 0.5) is 0 Å². The fourth-order valence-electron chi connectivity index (χ4n) is 4.71. The number of rotatable bonds is 11. The predicted molar refractivity (Wildman–Crippen MR) is 151 cm³/mol. The smallest absolute Gasteiger partial charge is 0.270 e. The van der Waals surface area contributed by atoms with Crippen molar-refractivity contribution >= 4 is 17.7 Å². The Balaban J connectivity index is 1.05. The van der Waals surface area contributed by atoms with Crippen molar-refractivity contribution in [2.75, 3.05) is 46.0 Å². The molecule has 3 amide bonds. The number of carbonyl (C=O) groups excluding carboxylic acids is 3. The Morgan fingerprint density at radius 2 is 1.46 bits per heavy atom. The fraction of sp³-hybridized carbons (Fsp3) is 0.367. The first-order chi connectivity index (χ1) is 20.0. The largest absolute Gasteiger partial charge is 0.493 e. The predicted octanol–water partition coefficient (Wildman–Crippen LogP) is 1.72. The molecular weight excluding hydrogens is 524 g/mol. The molecule has 3 aromatic rings. The Morgan fingerprint density at radius 3 is 2.20 bits per heavy atom. The van der Waals surface area contributed by atoms with Crippen LogP contribution < -0.4 is 20.7 Å². The number of nitrogens with one attached hydrogen (secondary N) is 3. The van der Waals surface area contributed by atoms with E-state index in [0.29, 0.717) is 25.3 Å². The van der Waals surface area contributed by atoms with E-state index < -0.39 is 11.8 Å². The molecule has 2 aliphatic heterocycles. The van der Waals surface area contributed by atoms with E-state index in [2.05, 4.69) is 30.8 Å². The Morgan fingerprint density at radius 1 is 0.780 bits per heavy atom. The second-order valence-electron chi connectivity index (χ2n) is 9.95. The van der Waals surface area contributed by atoms with Crippen molar-refractivity contribution in [1.29, 1.82) is 0 Å². The van der Waals surface area contributed by atoms with E-state index in [1.807, 2.05) is 18.2 Å². The standard InChI is InChI=1S/C30H34N6O5/c37-28(31-9-1-10-36-11-14-40-15-12-36)23-5-2-21(3-6-23)18-32-29(38)25-17-26(35-20-34-25)30(39)33-19-22-4-7-27-24(16-22)8-13-41-27/h2-7,16-17,20H,1,8-15,18-19H2,(H,31,37)(H,32,38)(H,33,39). The molecule has 0 radical (unpaired) electrons. The van der Waals surface area contributed by atoms with Gasteiger partial charge < -0.3 is 25.4 Å². The zero-order chi connectivity index (χ0) is 28.4. The first kappa shape index (κ1) is 28.2. The van der Waals surface area contributed by atoms with Gasteiger partial charge in [0.25, 0.3) is 17.7 Å². The minimum Gasteiger partial charge on any atom is -0.493 e. The fourth-order valence-corrected chi connectivity index (χ4v) is 4.71. The van der Waals surface area contributed by atoms with Crippen molar-refractivity contribution in [1.82, 2.24) is 30.8 Å². The topological polar surface area (TPSA) is 135 Å². The van der Waals surface area contributed by atoms with Gasteiger partial charge in [0.2, 0.25) is 0 Å². The Labute approximate surface area is 238 Å². The monoisotopic (exact) mass is 558 g/mol. The summed E-state index contributed by atoms with van der Waals surface area (Å²) in [4.78, 5) is 48.2. The maximum Gasteiger partial charge on any atom is 0.270 e. The molecule has 5 rings (SSSR count). The molecule has 0 unspecified atom stereocenters. The van der Waals surface area contributed by atoms with Gasteiger partial charge in [-0.3, -0.25) is 19.3 Å². The van der Waals surface area contributed by atoms with Crippen LogP contribution in [0.25, 0.3) is 0 Å². The number of carbonyl (C=O) groups is 3. The number of aromatic nitrogens is 2. The molecule has 2 aromatic carbocycles. The van der Waals surface area contributed by atoms with E-state index in [0.717, 1.165) is 68.1 Å². The summed E-state index contributed by atoms with van der Waals surface area (Å²) in [5.74, 6) is -0.0616. The average Bonchev–Trinajstić information content (AvgIpc) is 3.49. The van der Waals surface area contributed by atoms with Crippen LogP contribution in [0.5, 0.6) is 5.75 Å². The molecule has 1 fully saturated rings. The Kier molecular flexibility index (Phi) is 9.50. The van der Waals surface area contributed by atoms with Gasteiger partial charge in [-0.15, -0.1) is 0 Å². The Bertz CT molecular complexity index is 1370. The summed E-state index contributed by atoms with van der Waals surface area (Å²) in [7, 11) is 0. The first-order valence-electron chi connectivity index (χ1n) is 13.9. The van der Waals surface area contributed by atoms with Crippen molar-refractivity contribution in [2.24, 2.45) is 0 Å². The maximum absolute atomic E-state index is 12.7. The summed E-state index contributed by atoms with van der Waals surface area (Å²) in [6.07, 6.45) is 2.94. The number of morpholine rings is 1. The van der Waals surface area contributed by atoms with Crippen LogP contribution in [0.1, 0.15) is 54.4 Å². The van der Waals surface area contributed by atoms with Gasteiger partial charge in [-0.2, -0.15) is 0 Å². The van der Waals surface area contributed by atoms with Crippen LogP contribution in [0.3, 0.4) is 0 Å². The van der Waals surface area contributed by atoms with Crippen LogP contribution in [0, 0.1) is 0 Å². The molecule has 0 spiro atoms. The van der Waals surface area contributed by atoms with Gasteiger partial charge >= 0.3 is 0 Å². The number of benzene rings is 2. The highest BCUT2D eigenvalue weighted by Crippen LogP contribution is 2.25. The highest BCUT2D eigenvalue weighted by atomic mass is 16.5. The second-order valence-corrected chi connectivity index (χ2v) is 9.95. The van der Waals surface area contributed by atoms with Crippen molar-refractivity contribution in [3.8, 4) is 5.75 Å². The van der Waals surface area contributed by atoms with E-state index in [4.69, 9.17) is 9.47 Å². The highest BCUT2D eigenvalue weighted by molar-refractivity contribution is 5.97. The van der Waals surface area contributed by atoms with Crippen LogP contribution in [0.15, 0.2) is 54.9 Å². The number of hydrogen-bond donors (Lipinski definition) is 3. The van der Waals surface area contributed by atoms with Crippen molar-refractivity contribution in [2.45, 2.75) is 25.9 Å². The van der Waals surface area contributed by atoms with E-state index in [9.17, 15) is 14.4 Å². The lowest BCUT2D eigenvalue weighted by molar-refractivity contribution is 0.0374. The summed E-state index contributed by atoms with van der Waals surface area (Å²) in [6.45, 7) is 6.21. The molecule has 1 aromatic heterocycles. The molecule has 0 saturated carbocycles. The molecular formula is C30H34N6O5. The minimum atomic E-state index is -0.429. The highest BCUT2D eigenvalue weighted by Gasteiger charge is 2.16. The SMILES string of the molecule is O=C(NCCCN1CCOCC1)c1ccc(CNC(=O)c2cc(C(=O)NCc3ccc4c(c3)CCO4)ncn2)cc1. The van der Waals surface area contributed by atoms with Gasteiger partial charge in [0.1, 0.15) is 23.5 Å². The zero-order valence-corrected chi connectivity index (χ0v) is 22.9. The molecule has 214 valence electrons. The third kappa shape index (κ3) is 7.86. The van der Waals surface area contributed by atoms with E-state index in [-0.39, 0.29) is 23.8 Å². The third-order valence-corrected chi connectivity index (χ3v) is 7.05. The molecule has 2 aliphatic rings. The molecule has 11 heteroatoms. The quantitative estimate of drug-likeness (QED) is 0.303. The van der Waals surface area contributed by atoms with Crippen LogP contribution in [-0.2, 0) is 24.2 Å². The van der Waals surface area contributed by atoms with E-state index in [1.54, 1.807) is 24.3 Å². The molecule has 3 N–H and O–H groups in total. The normalized spacial score (nSPS) is 14.5. The zero-order valence-electron chi connectivity index (χ0n) is 22.9. The van der Waals surface area contributed by atoms with Gasteiger partial charge in [-0.05, 0) is 47.9 Å². The molecule has 41 heavy (non-hydrogen) atoms. The number of fused-ring (bicyclic) bond motifs is 1. The Hall–Kier alpha value is -4.35. The lowest BCUT2D eigenvalue weighted by Crippen LogP contribution is -2.38. The molecule has 11 nitrogen and oxygen atoms in total. The lowest BCUT2D eigenvalue weighted by atomic mass is 10.1. The summed E-state index contributed by atoms with van der Waals surface area (Å²) >= 11 is 0. The van der Waals surface area contributed by atoms with Gasteiger partial charge in [0, 0.05) is 50.8 Å². The van der Waals surface area contributed by atoms with Gasteiger partial charge in [-0.1, -0.05) is 24.3 Å². The summed E-state index contributed by atoms with van der Waals surface area (Å²) < 4.78 is 10.9. The van der Waals surface area contributed by atoms with Crippen molar-refractivity contribution in [3.63, 3.8) is 0 Å². The molecule has 3 heterocycles. The van der Waals surface area contributed by atoms with Crippen molar-refractivity contribution < 1.29 is 23.9 Å². The van der Waals surface area contributed by atoms with Crippen LogP contribution in [-0.4, -0.2) is 78.6 Å². The minimum absolute atomic E-state index is 0.0907. The number of ether oxygens (including phenoxy) is 2. The van der Waals surface area contributed by atoms with E-state index >= 15 is 0 Å². The number of amides is 3. The number of nitrogens with zero attached hydrogens (tertiary/aromatic N) is 3. The van der Waals surface area contributed by atoms with Gasteiger partial charge in [-0.25, -0.2) is 9.97 Å². The van der Waals surface area contributed by atoms with Crippen LogP contribution >= 0.6 is 0 Å². The number of hydrogen-bond acceptors (Lipinski definition) is 8.